The molecule has 180 valence electrons. The van der Waals surface area contributed by atoms with Gasteiger partial charge in [-0.2, -0.15) is 12.6 Å². The molecule has 0 radical (unpaired) electrons. The number of hydrogen-bond donors (Lipinski definition) is 4. The second-order valence-electron chi connectivity index (χ2n) is 7.59. The first-order chi connectivity index (χ1) is 16.5. The van der Waals surface area contributed by atoms with Crippen molar-refractivity contribution in [1.29, 1.82) is 0 Å². The SMILES string of the molecule is COC(=O)CNC(=O)c1ccc2c(c1)nc(C(Cc1ccccc1)NC(=O)CCS)n2CCO. The first-order valence-corrected chi connectivity index (χ1v) is 11.5. The summed E-state index contributed by atoms with van der Waals surface area (Å²) in [5.41, 5.74) is 2.60. The van der Waals surface area contributed by atoms with Crippen LogP contribution in [0.3, 0.4) is 0 Å². The average Bonchev–Trinajstić information content (AvgIpc) is 3.20. The molecule has 0 saturated heterocycles. The summed E-state index contributed by atoms with van der Waals surface area (Å²) in [6.07, 6.45) is 0.763. The van der Waals surface area contributed by atoms with Crippen molar-refractivity contribution in [3.05, 3.63) is 65.5 Å². The number of aromatic nitrogens is 2. The minimum absolute atomic E-state index is 0.123. The van der Waals surface area contributed by atoms with Crippen molar-refractivity contribution in [2.45, 2.75) is 25.4 Å². The van der Waals surface area contributed by atoms with Gasteiger partial charge in [-0.05, 0) is 35.9 Å². The summed E-state index contributed by atoms with van der Waals surface area (Å²) < 4.78 is 6.39. The normalized spacial score (nSPS) is 11.7. The van der Waals surface area contributed by atoms with Crippen LogP contribution >= 0.6 is 12.6 Å². The monoisotopic (exact) mass is 484 g/mol. The van der Waals surface area contributed by atoms with E-state index in [2.05, 4.69) is 28.0 Å². The number of thiol groups is 1. The topological polar surface area (TPSA) is 123 Å². The van der Waals surface area contributed by atoms with E-state index in [0.29, 0.717) is 29.1 Å². The molecule has 2 amide bonds. The number of hydrogen-bond acceptors (Lipinski definition) is 7. The van der Waals surface area contributed by atoms with Crippen LogP contribution in [0, 0.1) is 0 Å². The molecule has 10 heteroatoms. The van der Waals surface area contributed by atoms with Crippen LogP contribution in [0.2, 0.25) is 0 Å². The van der Waals surface area contributed by atoms with Gasteiger partial charge in [0.15, 0.2) is 0 Å². The number of methoxy groups -OCH3 is 1. The Morgan fingerprint density at radius 3 is 2.62 bits per heavy atom. The molecule has 34 heavy (non-hydrogen) atoms. The predicted octanol–water partition coefficient (Wildman–Crippen LogP) is 1.65. The third-order valence-electron chi connectivity index (χ3n) is 5.25. The van der Waals surface area contributed by atoms with Gasteiger partial charge in [-0.15, -0.1) is 0 Å². The van der Waals surface area contributed by atoms with Crippen LogP contribution in [-0.2, 0) is 27.3 Å². The van der Waals surface area contributed by atoms with Gasteiger partial charge < -0.3 is 25.0 Å². The maximum Gasteiger partial charge on any atom is 0.325 e. The Bertz CT molecular complexity index is 1150. The molecular weight excluding hydrogens is 456 g/mol. The van der Waals surface area contributed by atoms with E-state index in [4.69, 9.17) is 4.98 Å². The standard InChI is InChI=1S/C24H28N4O5S/c1-33-22(31)15-25-24(32)17-7-8-20-18(14-17)27-23(28(20)10-11-29)19(26-21(30)9-12-34)13-16-5-3-2-4-6-16/h2-8,14,19,29,34H,9-13,15H2,1H3,(H,25,32)(H,26,30). The number of benzene rings is 2. The molecule has 0 aliphatic rings. The number of ether oxygens (including phenoxy) is 1. The Kier molecular flexibility index (Phi) is 9.06. The summed E-state index contributed by atoms with van der Waals surface area (Å²) in [7, 11) is 1.25. The Hall–Kier alpha value is -3.37. The van der Waals surface area contributed by atoms with Crippen LogP contribution in [0.1, 0.15) is 34.2 Å². The average molecular weight is 485 g/mol. The zero-order valence-electron chi connectivity index (χ0n) is 18.9. The first kappa shape index (κ1) is 25.3. The highest BCUT2D eigenvalue weighted by Crippen LogP contribution is 2.25. The molecule has 3 aromatic rings. The highest BCUT2D eigenvalue weighted by molar-refractivity contribution is 7.80. The van der Waals surface area contributed by atoms with E-state index in [1.165, 1.54) is 7.11 Å². The first-order valence-electron chi connectivity index (χ1n) is 10.9. The number of carbonyl (C=O) groups excluding carboxylic acids is 3. The van der Waals surface area contributed by atoms with Crippen molar-refractivity contribution in [2.75, 3.05) is 26.0 Å². The van der Waals surface area contributed by atoms with E-state index in [-0.39, 0.29) is 32.0 Å². The second-order valence-corrected chi connectivity index (χ2v) is 8.04. The van der Waals surface area contributed by atoms with Crippen molar-refractivity contribution >= 4 is 41.4 Å². The Labute approximate surface area is 202 Å². The van der Waals surface area contributed by atoms with Crippen LogP contribution < -0.4 is 10.6 Å². The van der Waals surface area contributed by atoms with Gasteiger partial charge in [0.05, 0.1) is 30.8 Å². The highest BCUT2D eigenvalue weighted by atomic mass is 32.1. The lowest BCUT2D eigenvalue weighted by molar-refractivity contribution is -0.139. The fourth-order valence-corrected chi connectivity index (χ4v) is 3.85. The number of fused-ring (bicyclic) bond motifs is 1. The second kappa shape index (κ2) is 12.2. The third-order valence-corrected chi connectivity index (χ3v) is 5.48. The molecule has 0 spiro atoms. The zero-order valence-corrected chi connectivity index (χ0v) is 19.8. The van der Waals surface area contributed by atoms with Crippen LogP contribution in [0.5, 0.6) is 0 Å². The summed E-state index contributed by atoms with van der Waals surface area (Å²) in [6, 6.07) is 14.3. The van der Waals surface area contributed by atoms with Crippen LogP contribution in [0.15, 0.2) is 48.5 Å². The number of esters is 1. The van der Waals surface area contributed by atoms with Crippen LogP contribution in [0.4, 0.5) is 0 Å². The van der Waals surface area contributed by atoms with Gasteiger partial charge in [0.1, 0.15) is 12.4 Å². The number of carbonyl (C=O) groups is 3. The quantitative estimate of drug-likeness (QED) is 0.243. The molecule has 0 fully saturated rings. The molecule has 1 atom stereocenters. The summed E-state index contributed by atoms with van der Waals surface area (Å²) >= 11 is 4.15. The van der Waals surface area contributed by atoms with E-state index in [1.54, 1.807) is 18.2 Å². The van der Waals surface area contributed by atoms with Crippen molar-refractivity contribution in [3.8, 4) is 0 Å². The predicted molar refractivity (Wildman–Crippen MR) is 131 cm³/mol. The Morgan fingerprint density at radius 2 is 1.94 bits per heavy atom. The van der Waals surface area contributed by atoms with Crippen molar-refractivity contribution in [1.82, 2.24) is 20.2 Å². The number of imidazole rings is 1. The lowest BCUT2D eigenvalue weighted by Gasteiger charge is -2.20. The number of nitrogens with one attached hydrogen (secondary N) is 2. The lowest BCUT2D eigenvalue weighted by Crippen LogP contribution is -2.32. The molecule has 0 saturated carbocycles. The van der Waals surface area contributed by atoms with E-state index in [0.717, 1.165) is 11.1 Å². The van der Waals surface area contributed by atoms with Gasteiger partial charge in [0.25, 0.3) is 5.91 Å². The van der Waals surface area contributed by atoms with Crippen molar-refractivity contribution in [3.63, 3.8) is 0 Å². The Morgan fingerprint density at radius 1 is 1.18 bits per heavy atom. The number of amides is 2. The van der Waals surface area contributed by atoms with Crippen LogP contribution in [-0.4, -0.2) is 58.5 Å². The summed E-state index contributed by atoms with van der Waals surface area (Å²) in [5.74, 6) is -0.145. The molecule has 0 aliphatic heterocycles. The number of aliphatic hydroxyl groups is 1. The maximum absolute atomic E-state index is 12.5. The van der Waals surface area contributed by atoms with Crippen molar-refractivity contribution in [2.24, 2.45) is 0 Å². The summed E-state index contributed by atoms with van der Waals surface area (Å²) in [4.78, 5) is 41.0. The molecular formula is C24H28N4O5S. The fourth-order valence-electron chi connectivity index (χ4n) is 3.64. The number of rotatable bonds is 11. The van der Waals surface area contributed by atoms with Gasteiger partial charge in [0.2, 0.25) is 5.91 Å². The largest absolute Gasteiger partial charge is 0.468 e. The molecule has 0 aliphatic carbocycles. The smallest absolute Gasteiger partial charge is 0.325 e. The molecule has 2 aromatic carbocycles. The fraction of sp³-hybridized carbons (Fsp3) is 0.333. The van der Waals surface area contributed by atoms with Gasteiger partial charge in [-0.3, -0.25) is 14.4 Å². The summed E-state index contributed by atoms with van der Waals surface area (Å²) in [6.45, 7) is -0.0934. The third kappa shape index (κ3) is 6.36. The molecule has 0 bridgehead atoms. The molecule has 1 unspecified atom stereocenters. The van der Waals surface area contributed by atoms with E-state index in [1.807, 2.05) is 34.9 Å². The summed E-state index contributed by atoms with van der Waals surface area (Å²) in [5, 5.41) is 15.2. The van der Waals surface area contributed by atoms with Gasteiger partial charge in [-0.1, -0.05) is 30.3 Å². The maximum atomic E-state index is 12.5. The minimum atomic E-state index is -0.551. The van der Waals surface area contributed by atoms with Crippen molar-refractivity contribution < 1.29 is 24.2 Å². The minimum Gasteiger partial charge on any atom is -0.468 e. The molecule has 3 N–H and O–H groups in total. The highest BCUT2D eigenvalue weighted by Gasteiger charge is 2.23. The molecule has 9 nitrogen and oxygen atoms in total. The Balaban J connectivity index is 1.98. The molecule has 1 heterocycles. The van der Waals surface area contributed by atoms with Gasteiger partial charge in [-0.25, -0.2) is 4.98 Å². The number of aliphatic hydroxyl groups excluding tert-OH is 1. The number of nitrogens with zero attached hydrogens (tertiary/aromatic N) is 2. The molecule has 1 aromatic heterocycles. The molecule has 3 rings (SSSR count). The lowest BCUT2D eigenvalue weighted by atomic mass is 10.0. The van der Waals surface area contributed by atoms with Gasteiger partial charge in [0, 0.05) is 18.5 Å². The van der Waals surface area contributed by atoms with Crippen LogP contribution in [0.25, 0.3) is 11.0 Å². The van der Waals surface area contributed by atoms with Gasteiger partial charge >= 0.3 is 5.97 Å². The zero-order chi connectivity index (χ0) is 24.5. The van der Waals surface area contributed by atoms with E-state index in [9.17, 15) is 19.5 Å². The van der Waals surface area contributed by atoms with E-state index >= 15 is 0 Å². The van der Waals surface area contributed by atoms with E-state index < -0.39 is 17.9 Å².